The predicted molar refractivity (Wildman–Crippen MR) is 136 cm³/mol. The molecule has 0 amide bonds. The first-order chi connectivity index (χ1) is 18.1. The summed E-state index contributed by atoms with van der Waals surface area (Å²) >= 11 is 0. The van der Waals surface area contributed by atoms with Crippen LogP contribution in [0.15, 0.2) is 47.0 Å². The first kappa shape index (κ1) is 27.0. The van der Waals surface area contributed by atoms with E-state index in [-0.39, 0.29) is 61.0 Å². The van der Waals surface area contributed by atoms with Gasteiger partial charge in [0.2, 0.25) is 5.69 Å². The van der Waals surface area contributed by atoms with Gasteiger partial charge in [-0.1, -0.05) is 26.0 Å². The lowest BCUT2D eigenvalue weighted by molar-refractivity contribution is -0.660. The van der Waals surface area contributed by atoms with Crippen LogP contribution in [-0.2, 0) is 25.8 Å². The largest absolute Gasteiger partial charge is 0.455 e. The summed E-state index contributed by atoms with van der Waals surface area (Å²) < 4.78 is 108. The van der Waals surface area contributed by atoms with Crippen molar-refractivity contribution < 1.29 is 39.7 Å². The SMILES string of the molecule is Cc1cc2oc3c(-c4c5cccc(CC(C)C)c5c(C(F)(F)F)c[n+]4C)c(C)c(C(F)(F)F)cc3c2cc1F. The monoisotopic (exact) mass is 548 g/mol. The van der Waals surface area contributed by atoms with Crippen molar-refractivity contribution in [3.8, 4) is 11.3 Å². The number of hydrogen-bond acceptors (Lipinski definition) is 1. The van der Waals surface area contributed by atoms with Crippen LogP contribution in [0.25, 0.3) is 44.0 Å². The van der Waals surface area contributed by atoms with Crippen LogP contribution in [0.3, 0.4) is 0 Å². The third kappa shape index (κ3) is 4.41. The van der Waals surface area contributed by atoms with Crippen LogP contribution in [0.5, 0.6) is 0 Å². The number of halogens is 7. The summed E-state index contributed by atoms with van der Waals surface area (Å²) in [5.41, 5.74) is -0.958. The fourth-order valence-electron chi connectivity index (χ4n) is 5.47. The molecule has 0 radical (unpaired) electrons. The summed E-state index contributed by atoms with van der Waals surface area (Å²) in [5.74, 6) is -0.575. The van der Waals surface area contributed by atoms with E-state index < -0.39 is 29.3 Å². The van der Waals surface area contributed by atoms with Crippen molar-refractivity contribution in [2.75, 3.05) is 0 Å². The minimum absolute atomic E-state index is 0.0111. The van der Waals surface area contributed by atoms with E-state index in [2.05, 4.69) is 0 Å². The normalized spacial score (nSPS) is 12.9. The van der Waals surface area contributed by atoms with Crippen LogP contribution < -0.4 is 4.57 Å². The molecule has 2 aromatic heterocycles. The van der Waals surface area contributed by atoms with Gasteiger partial charge < -0.3 is 4.42 Å². The molecular weight excluding hydrogens is 523 g/mol. The Bertz CT molecular complexity index is 1780. The fourth-order valence-corrected chi connectivity index (χ4v) is 5.47. The van der Waals surface area contributed by atoms with E-state index in [0.29, 0.717) is 12.0 Å². The Morgan fingerprint density at radius 2 is 1.54 bits per heavy atom. The molecule has 0 saturated heterocycles. The van der Waals surface area contributed by atoms with Gasteiger partial charge in [-0.25, -0.2) is 4.39 Å². The van der Waals surface area contributed by atoms with Gasteiger partial charge in [0.05, 0.1) is 16.5 Å². The molecule has 0 atom stereocenters. The molecule has 9 heteroatoms. The molecule has 0 bridgehead atoms. The van der Waals surface area contributed by atoms with Crippen molar-refractivity contribution >= 4 is 32.7 Å². The molecule has 3 aromatic carbocycles. The lowest BCUT2D eigenvalue weighted by Crippen LogP contribution is -2.34. The second-order valence-electron chi connectivity index (χ2n) is 10.4. The molecule has 0 aliphatic rings. The second-order valence-corrected chi connectivity index (χ2v) is 10.4. The smallest absolute Gasteiger partial charge is 0.422 e. The van der Waals surface area contributed by atoms with E-state index in [4.69, 9.17) is 4.42 Å². The number of benzene rings is 3. The van der Waals surface area contributed by atoms with Crippen LogP contribution in [0.2, 0.25) is 0 Å². The summed E-state index contributed by atoms with van der Waals surface area (Å²) in [7, 11) is 1.37. The Labute approximate surface area is 219 Å². The fraction of sp³-hybridized carbons (Fsp3) is 0.300. The second kappa shape index (κ2) is 8.96. The topological polar surface area (TPSA) is 17.0 Å². The highest BCUT2D eigenvalue weighted by Crippen LogP contribution is 2.46. The molecule has 0 aliphatic carbocycles. The number of fused-ring (bicyclic) bond motifs is 4. The number of pyridine rings is 1. The molecule has 2 nitrogen and oxygen atoms in total. The van der Waals surface area contributed by atoms with E-state index in [1.54, 1.807) is 12.1 Å². The molecule has 39 heavy (non-hydrogen) atoms. The lowest BCUT2D eigenvalue weighted by Gasteiger charge is -2.18. The molecule has 0 spiro atoms. The van der Waals surface area contributed by atoms with Crippen LogP contribution in [0, 0.1) is 25.6 Å². The third-order valence-electron chi connectivity index (χ3n) is 7.13. The van der Waals surface area contributed by atoms with E-state index >= 15 is 0 Å². The summed E-state index contributed by atoms with van der Waals surface area (Å²) in [6, 6.07) is 8.17. The van der Waals surface area contributed by atoms with Crippen molar-refractivity contribution in [3.05, 3.63) is 76.2 Å². The van der Waals surface area contributed by atoms with Gasteiger partial charge in [0.1, 0.15) is 29.6 Å². The maximum absolute atomic E-state index is 14.5. The minimum Gasteiger partial charge on any atom is -0.455 e. The van der Waals surface area contributed by atoms with Crippen LogP contribution in [-0.4, -0.2) is 0 Å². The van der Waals surface area contributed by atoms with Crippen LogP contribution >= 0.6 is 0 Å². The summed E-state index contributed by atoms with van der Waals surface area (Å²) in [5, 5.41) is 0.272. The molecule has 0 fully saturated rings. The number of alkyl halides is 6. The van der Waals surface area contributed by atoms with Gasteiger partial charge in [0.15, 0.2) is 6.20 Å². The predicted octanol–water partition coefficient (Wildman–Crippen LogP) is 9.22. The van der Waals surface area contributed by atoms with Gasteiger partial charge in [-0.05, 0) is 67.1 Å². The van der Waals surface area contributed by atoms with Gasteiger partial charge in [-0.15, -0.1) is 0 Å². The molecule has 0 N–H and O–H groups in total. The molecule has 5 aromatic rings. The third-order valence-corrected chi connectivity index (χ3v) is 7.13. The molecule has 5 rings (SSSR count). The number of aryl methyl sites for hydroxylation is 2. The summed E-state index contributed by atoms with van der Waals surface area (Å²) in [6.45, 7) is 6.55. The van der Waals surface area contributed by atoms with Gasteiger partial charge in [0, 0.05) is 16.2 Å². The average Bonchev–Trinajstić information content (AvgIpc) is 3.14. The first-order valence-electron chi connectivity index (χ1n) is 12.3. The van der Waals surface area contributed by atoms with Gasteiger partial charge in [-0.3, -0.25) is 0 Å². The zero-order valence-corrected chi connectivity index (χ0v) is 21.8. The maximum atomic E-state index is 14.5. The number of nitrogens with zero attached hydrogens (tertiary/aromatic N) is 1. The Balaban J connectivity index is 2.03. The van der Waals surface area contributed by atoms with Crippen molar-refractivity contribution in [1.29, 1.82) is 0 Å². The van der Waals surface area contributed by atoms with Gasteiger partial charge in [-0.2, -0.15) is 30.9 Å². The van der Waals surface area contributed by atoms with E-state index in [1.165, 1.54) is 37.6 Å². The number of aromatic nitrogens is 1. The Kier molecular flexibility index (Phi) is 6.20. The number of rotatable bonds is 3. The molecule has 0 aliphatic heterocycles. The summed E-state index contributed by atoms with van der Waals surface area (Å²) in [4.78, 5) is 0. The van der Waals surface area contributed by atoms with E-state index in [9.17, 15) is 30.7 Å². The lowest BCUT2D eigenvalue weighted by atomic mass is 9.89. The molecule has 2 heterocycles. The minimum atomic E-state index is -4.77. The van der Waals surface area contributed by atoms with Crippen LogP contribution in [0.1, 0.15) is 41.7 Å². The molecule has 0 unspecified atom stereocenters. The van der Waals surface area contributed by atoms with Gasteiger partial charge in [0.25, 0.3) is 0 Å². The first-order valence-corrected chi connectivity index (χ1v) is 12.3. The Hall–Kier alpha value is -3.62. The highest BCUT2D eigenvalue weighted by Gasteiger charge is 2.40. The maximum Gasteiger partial charge on any atom is 0.422 e. The average molecular weight is 549 g/mol. The molecule has 204 valence electrons. The highest BCUT2D eigenvalue weighted by molar-refractivity contribution is 6.13. The number of furan rings is 1. The zero-order valence-electron chi connectivity index (χ0n) is 21.8. The van der Waals surface area contributed by atoms with Crippen molar-refractivity contribution in [3.63, 3.8) is 0 Å². The molecule has 0 saturated carbocycles. The summed E-state index contributed by atoms with van der Waals surface area (Å²) in [6.07, 6.45) is -8.22. The highest BCUT2D eigenvalue weighted by atomic mass is 19.4. The molecular formula is C30H25F7NO+. The number of hydrogen-bond donors (Lipinski definition) is 0. The zero-order chi connectivity index (χ0) is 28.6. The van der Waals surface area contributed by atoms with Crippen molar-refractivity contribution in [2.24, 2.45) is 13.0 Å². The standard InChI is InChI=1S/C30H25F7NO/c1-14(2)9-17-7-6-8-18-26(17)22(30(35,36)37)13-38(5)27(18)25-16(4)21(29(32,33)34)11-20-19-12-23(31)15(3)10-24(19)39-28(20)25/h6-8,10-14H,9H2,1-5H3/q+1. The van der Waals surface area contributed by atoms with Gasteiger partial charge >= 0.3 is 12.4 Å². The van der Waals surface area contributed by atoms with Crippen molar-refractivity contribution in [2.45, 2.75) is 46.5 Å². The van der Waals surface area contributed by atoms with E-state index in [0.717, 1.165) is 18.3 Å². The Morgan fingerprint density at radius 1 is 0.872 bits per heavy atom. The quantitative estimate of drug-likeness (QED) is 0.162. The van der Waals surface area contributed by atoms with Crippen LogP contribution in [0.4, 0.5) is 30.7 Å². The van der Waals surface area contributed by atoms with Crippen molar-refractivity contribution in [1.82, 2.24) is 0 Å². The Morgan fingerprint density at radius 3 is 2.15 bits per heavy atom. The van der Waals surface area contributed by atoms with E-state index in [1.807, 2.05) is 13.8 Å².